The molecule has 8 nitrogen and oxygen atoms in total. The van der Waals surface area contributed by atoms with Crippen molar-refractivity contribution in [1.29, 1.82) is 0 Å². The molecule has 2 aromatic carbocycles. The predicted molar refractivity (Wildman–Crippen MR) is 172 cm³/mol. The van der Waals surface area contributed by atoms with Gasteiger partial charge in [0.05, 0.1) is 17.7 Å². The minimum absolute atomic E-state index is 0.00374. The van der Waals surface area contributed by atoms with Gasteiger partial charge in [-0.15, -0.1) is 6.42 Å². The second-order valence-corrected chi connectivity index (χ2v) is 13.5. The fourth-order valence-electron chi connectivity index (χ4n) is 8.76. The summed E-state index contributed by atoms with van der Waals surface area (Å²) in [4.78, 5) is 19.2. The summed E-state index contributed by atoms with van der Waals surface area (Å²) >= 11 is 0. The van der Waals surface area contributed by atoms with Crippen molar-refractivity contribution in [3.63, 3.8) is 0 Å². The Balaban J connectivity index is 1.25. The average molecular weight is 621 g/mol. The van der Waals surface area contributed by atoms with E-state index in [0.717, 1.165) is 58.2 Å². The van der Waals surface area contributed by atoms with E-state index in [1.165, 1.54) is 11.6 Å². The minimum atomic E-state index is -0.652. The summed E-state index contributed by atoms with van der Waals surface area (Å²) in [6, 6.07) is 9.15. The number of aromatic nitrogens is 3. The summed E-state index contributed by atoms with van der Waals surface area (Å²) in [5, 5.41) is 5.28. The standard InChI is InChI=1S/C36H34F2N6O2/c1-3-23-25(37)10-8-21-6-4-7-24(28(21)23)31-30(38)32-29-33(42-35(41-32)46-19-36-13-5-14-43(36)17-20(2)16-36)44-18-22-9-11-26(39-22)27(44)12-15-45-34(29)40-31/h1,4,6-8,10,22,26-27,39H,2,5,9,11-19H2. The van der Waals surface area contributed by atoms with Crippen LogP contribution in [0, 0.1) is 24.0 Å². The van der Waals surface area contributed by atoms with Gasteiger partial charge in [0.1, 0.15) is 34.8 Å². The van der Waals surface area contributed by atoms with E-state index in [9.17, 15) is 4.39 Å². The van der Waals surface area contributed by atoms with E-state index >= 15 is 4.39 Å². The van der Waals surface area contributed by atoms with Crippen molar-refractivity contribution >= 4 is 27.5 Å². The lowest BCUT2D eigenvalue weighted by Gasteiger charge is -2.43. The van der Waals surface area contributed by atoms with Crippen LogP contribution in [0.2, 0.25) is 0 Å². The molecule has 4 aromatic rings. The summed E-state index contributed by atoms with van der Waals surface area (Å²) in [6.45, 7) is 7.66. The normalized spacial score (nSPS) is 26.8. The van der Waals surface area contributed by atoms with E-state index in [1.54, 1.807) is 18.2 Å². The Morgan fingerprint density at radius 1 is 1.13 bits per heavy atom. The van der Waals surface area contributed by atoms with Crippen LogP contribution in [0.1, 0.15) is 44.1 Å². The highest BCUT2D eigenvalue weighted by Crippen LogP contribution is 2.45. The zero-order valence-electron chi connectivity index (χ0n) is 25.5. The number of fused-ring (bicyclic) bond motifs is 7. The van der Waals surface area contributed by atoms with Crippen LogP contribution in [0.3, 0.4) is 0 Å². The van der Waals surface area contributed by atoms with Gasteiger partial charge in [0.15, 0.2) is 5.82 Å². The molecular weight excluding hydrogens is 586 g/mol. The topological polar surface area (TPSA) is 75.6 Å². The third-order valence-electron chi connectivity index (χ3n) is 10.8. The number of benzene rings is 2. The molecule has 10 heteroatoms. The number of pyridine rings is 1. The lowest BCUT2D eigenvalue weighted by atomic mass is 9.94. The molecular formula is C36H34F2N6O2. The molecule has 4 saturated heterocycles. The Labute approximate surface area is 265 Å². The summed E-state index contributed by atoms with van der Waals surface area (Å²) in [7, 11) is 0. The van der Waals surface area contributed by atoms with Crippen LogP contribution in [0.25, 0.3) is 32.9 Å². The lowest BCUT2D eigenvalue weighted by Crippen LogP contribution is -2.59. The van der Waals surface area contributed by atoms with Crippen molar-refractivity contribution in [2.75, 3.05) is 37.7 Å². The van der Waals surface area contributed by atoms with Gasteiger partial charge in [-0.3, -0.25) is 4.90 Å². The van der Waals surface area contributed by atoms with E-state index in [4.69, 9.17) is 30.8 Å². The number of ether oxygens (including phenoxy) is 2. The second-order valence-electron chi connectivity index (χ2n) is 13.5. The predicted octanol–water partition coefficient (Wildman–Crippen LogP) is 5.37. The van der Waals surface area contributed by atoms with Crippen molar-refractivity contribution in [2.45, 2.75) is 62.2 Å². The van der Waals surface area contributed by atoms with Crippen LogP contribution in [0.15, 0.2) is 42.5 Å². The third-order valence-corrected chi connectivity index (χ3v) is 10.8. The molecule has 9 rings (SSSR count). The highest BCUT2D eigenvalue weighted by atomic mass is 19.1. The first-order valence-corrected chi connectivity index (χ1v) is 16.2. The molecule has 5 aliphatic heterocycles. The van der Waals surface area contributed by atoms with E-state index < -0.39 is 11.6 Å². The van der Waals surface area contributed by atoms with Crippen LogP contribution < -0.4 is 19.7 Å². The number of nitrogens with zero attached hydrogens (tertiary/aromatic N) is 5. The van der Waals surface area contributed by atoms with Gasteiger partial charge in [0.2, 0.25) is 5.88 Å². The molecule has 4 atom stereocenters. The van der Waals surface area contributed by atoms with E-state index in [1.807, 2.05) is 6.07 Å². The molecule has 234 valence electrons. The number of hydrogen-bond acceptors (Lipinski definition) is 8. The maximum absolute atomic E-state index is 17.1. The fraction of sp³-hybridized carbons (Fsp3) is 0.417. The number of rotatable bonds is 4. The Hall–Kier alpha value is -4.33. The molecule has 2 aromatic heterocycles. The van der Waals surface area contributed by atoms with Crippen LogP contribution in [-0.2, 0) is 0 Å². The molecule has 4 unspecified atom stereocenters. The van der Waals surface area contributed by atoms with Gasteiger partial charge in [-0.2, -0.15) is 9.97 Å². The number of hydrogen-bond donors (Lipinski definition) is 1. The number of anilines is 1. The van der Waals surface area contributed by atoms with Gasteiger partial charge < -0.3 is 19.7 Å². The van der Waals surface area contributed by atoms with Crippen LogP contribution >= 0.6 is 0 Å². The van der Waals surface area contributed by atoms with Crippen LogP contribution in [0.4, 0.5) is 14.6 Å². The fourth-order valence-corrected chi connectivity index (χ4v) is 8.76. The Morgan fingerprint density at radius 2 is 2.04 bits per heavy atom. The highest BCUT2D eigenvalue weighted by molar-refractivity contribution is 6.03. The Morgan fingerprint density at radius 3 is 2.93 bits per heavy atom. The number of piperazine rings is 1. The van der Waals surface area contributed by atoms with Crippen molar-refractivity contribution < 1.29 is 18.3 Å². The molecule has 0 spiro atoms. The zero-order valence-corrected chi connectivity index (χ0v) is 25.5. The molecule has 2 bridgehead atoms. The Kier molecular flexibility index (Phi) is 6.28. The molecule has 4 fully saturated rings. The lowest BCUT2D eigenvalue weighted by molar-refractivity contribution is 0.108. The van der Waals surface area contributed by atoms with Crippen molar-refractivity contribution in [3.8, 4) is 35.5 Å². The van der Waals surface area contributed by atoms with Gasteiger partial charge in [0.25, 0.3) is 0 Å². The largest absolute Gasteiger partial charge is 0.477 e. The minimum Gasteiger partial charge on any atom is -0.477 e. The summed E-state index contributed by atoms with van der Waals surface area (Å²) in [6.07, 6.45) is 11.6. The first-order valence-electron chi connectivity index (χ1n) is 16.2. The number of nitrogens with one attached hydrogen (secondary N) is 1. The second kappa shape index (κ2) is 10.3. The average Bonchev–Trinajstić information content (AvgIpc) is 3.72. The molecule has 46 heavy (non-hydrogen) atoms. The van der Waals surface area contributed by atoms with Crippen molar-refractivity contribution in [2.24, 2.45) is 0 Å². The summed E-state index contributed by atoms with van der Waals surface area (Å²) in [5.41, 5.74) is 1.55. The molecule has 0 amide bonds. The van der Waals surface area contributed by atoms with Crippen molar-refractivity contribution in [3.05, 3.63) is 59.7 Å². The molecule has 5 aliphatic rings. The first kappa shape index (κ1) is 27.9. The van der Waals surface area contributed by atoms with Crippen LogP contribution in [-0.4, -0.2) is 76.4 Å². The number of halogens is 2. The Bertz CT molecular complexity index is 1990. The van der Waals surface area contributed by atoms with Gasteiger partial charge in [-0.1, -0.05) is 42.3 Å². The highest BCUT2D eigenvalue weighted by Gasteiger charge is 2.47. The van der Waals surface area contributed by atoms with Gasteiger partial charge in [-0.05, 0) is 50.1 Å². The monoisotopic (exact) mass is 620 g/mol. The quantitative estimate of drug-likeness (QED) is 0.241. The zero-order chi connectivity index (χ0) is 31.2. The summed E-state index contributed by atoms with van der Waals surface area (Å²) < 4.78 is 44.8. The van der Waals surface area contributed by atoms with E-state index in [2.05, 4.69) is 27.6 Å². The number of terminal acetylenes is 1. The maximum Gasteiger partial charge on any atom is 0.319 e. The van der Waals surface area contributed by atoms with Crippen molar-refractivity contribution in [1.82, 2.24) is 25.2 Å². The molecule has 0 saturated carbocycles. The molecule has 7 heterocycles. The molecule has 0 aliphatic carbocycles. The molecule has 1 N–H and O–H groups in total. The SMILES string of the molecule is C#Cc1c(F)ccc2cccc(-c3nc4c5c(nc(OCC67CCCN6CC(=C)C7)nc5c3F)N3CC5CCC(N5)C3CCO4)c12. The van der Waals surface area contributed by atoms with E-state index in [0.29, 0.717) is 52.8 Å². The third kappa shape index (κ3) is 4.14. The first-order chi connectivity index (χ1) is 22.4. The molecule has 0 radical (unpaired) electrons. The maximum atomic E-state index is 17.1. The van der Waals surface area contributed by atoms with Gasteiger partial charge >= 0.3 is 6.01 Å². The van der Waals surface area contributed by atoms with Gasteiger partial charge in [-0.25, -0.2) is 13.8 Å². The van der Waals surface area contributed by atoms with E-state index in [-0.39, 0.29) is 40.2 Å². The smallest absolute Gasteiger partial charge is 0.319 e. The van der Waals surface area contributed by atoms with Crippen LogP contribution in [0.5, 0.6) is 11.9 Å². The van der Waals surface area contributed by atoms with Gasteiger partial charge in [0, 0.05) is 48.6 Å². The summed E-state index contributed by atoms with van der Waals surface area (Å²) in [5.74, 6) is 2.10.